The second-order valence-corrected chi connectivity index (χ2v) is 5.53. The van der Waals surface area contributed by atoms with Crippen LogP contribution in [-0.2, 0) is 0 Å². The van der Waals surface area contributed by atoms with E-state index < -0.39 is 0 Å². The average molecular weight is 305 g/mol. The third-order valence-corrected chi connectivity index (χ3v) is 3.37. The standard InChI is InChI=1S/C16H17ClN2O2/c1-10(2)14-7-11(8-15(17)18-14)16(21)19(3)12-5-4-6-13(20)9-12/h4-10,20H,1-3H3. The number of phenolic OH excluding ortho intramolecular Hbond substituents is 1. The van der Waals surface area contributed by atoms with Crippen LogP contribution in [0.25, 0.3) is 0 Å². The smallest absolute Gasteiger partial charge is 0.258 e. The highest BCUT2D eigenvalue weighted by molar-refractivity contribution is 6.29. The van der Waals surface area contributed by atoms with Gasteiger partial charge in [0.2, 0.25) is 0 Å². The quantitative estimate of drug-likeness (QED) is 0.877. The number of hydrogen-bond donors (Lipinski definition) is 1. The molecular formula is C16H17ClN2O2. The number of carbonyl (C=O) groups is 1. The number of hydrogen-bond acceptors (Lipinski definition) is 3. The topological polar surface area (TPSA) is 53.4 Å². The molecule has 0 atom stereocenters. The number of rotatable bonds is 3. The van der Waals surface area contributed by atoms with Crippen molar-refractivity contribution in [2.75, 3.05) is 11.9 Å². The third-order valence-electron chi connectivity index (χ3n) is 3.17. The molecule has 0 aliphatic rings. The summed E-state index contributed by atoms with van der Waals surface area (Å²) in [5.74, 6) is 0.0934. The van der Waals surface area contributed by atoms with Gasteiger partial charge in [-0.15, -0.1) is 0 Å². The molecular weight excluding hydrogens is 288 g/mol. The molecule has 1 N–H and O–H groups in total. The Balaban J connectivity index is 2.35. The van der Waals surface area contributed by atoms with Crippen molar-refractivity contribution in [3.05, 3.63) is 52.8 Å². The van der Waals surface area contributed by atoms with Crippen molar-refractivity contribution >= 4 is 23.2 Å². The van der Waals surface area contributed by atoms with E-state index in [0.29, 0.717) is 16.4 Å². The molecule has 110 valence electrons. The van der Waals surface area contributed by atoms with Crippen molar-refractivity contribution in [3.8, 4) is 5.75 Å². The Labute approximate surface area is 129 Å². The van der Waals surface area contributed by atoms with Crippen LogP contribution in [0.3, 0.4) is 0 Å². The number of phenols is 1. The van der Waals surface area contributed by atoms with Crippen molar-refractivity contribution in [2.45, 2.75) is 19.8 Å². The summed E-state index contributed by atoms with van der Waals surface area (Å²) in [4.78, 5) is 18.2. The summed E-state index contributed by atoms with van der Waals surface area (Å²) in [6.45, 7) is 3.98. The van der Waals surface area contributed by atoms with E-state index in [-0.39, 0.29) is 17.6 Å². The number of nitrogens with zero attached hydrogens (tertiary/aromatic N) is 2. The molecule has 0 fully saturated rings. The molecule has 0 saturated carbocycles. The molecule has 0 radical (unpaired) electrons. The maximum absolute atomic E-state index is 12.5. The zero-order chi connectivity index (χ0) is 15.6. The molecule has 1 amide bonds. The van der Waals surface area contributed by atoms with Gasteiger partial charge in [-0.3, -0.25) is 4.79 Å². The van der Waals surface area contributed by atoms with Crippen LogP contribution in [0, 0.1) is 0 Å². The highest BCUT2D eigenvalue weighted by atomic mass is 35.5. The fourth-order valence-electron chi connectivity index (χ4n) is 1.95. The molecule has 1 heterocycles. The van der Waals surface area contributed by atoms with Gasteiger partial charge in [-0.1, -0.05) is 31.5 Å². The highest BCUT2D eigenvalue weighted by Gasteiger charge is 2.16. The summed E-state index contributed by atoms with van der Waals surface area (Å²) >= 11 is 5.99. The molecule has 1 aromatic carbocycles. The summed E-state index contributed by atoms with van der Waals surface area (Å²) in [5.41, 5.74) is 1.86. The van der Waals surface area contributed by atoms with E-state index in [1.165, 1.54) is 11.0 Å². The van der Waals surface area contributed by atoms with Gasteiger partial charge in [-0.05, 0) is 30.2 Å². The summed E-state index contributed by atoms with van der Waals surface area (Å²) in [6, 6.07) is 9.83. The van der Waals surface area contributed by atoms with Crippen molar-refractivity contribution in [1.82, 2.24) is 4.98 Å². The lowest BCUT2D eigenvalue weighted by molar-refractivity contribution is 0.0993. The normalized spacial score (nSPS) is 10.7. The Morgan fingerprint density at radius 2 is 2.00 bits per heavy atom. The average Bonchev–Trinajstić information content (AvgIpc) is 2.45. The Morgan fingerprint density at radius 3 is 2.62 bits per heavy atom. The van der Waals surface area contributed by atoms with Crippen LogP contribution in [0.15, 0.2) is 36.4 Å². The second kappa shape index (κ2) is 6.14. The lowest BCUT2D eigenvalue weighted by Crippen LogP contribution is -2.26. The van der Waals surface area contributed by atoms with Gasteiger partial charge in [0.1, 0.15) is 10.9 Å². The van der Waals surface area contributed by atoms with E-state index in [1.54, 1.807) is 37.4 Å². The molecule has 0 aliphatic carbocycles. The van der Waals surface area contributed by atoms with Crippen LogP contribution in [0.2, 0.25) is 5.15 Å². The minimum atomic E-state index is -0.202. The van der Waals surface area contributed by atoms with E-state index in [0.717, 1.165) is 5.69 Å². The van der Waals surface area contributed by atoms with E-state index in [4.69, 9.17) is 11.6 Å². The maximum Gasteiger partial charge on any atom is 0.258 e. The Kier molecular flexibility index (Phi) is 4.48. The zero-order valence-corrected chi connectivity index (χ0v) is 12.9. The fraction of sp³-hybridized carbons (Fsp3) is 0.250. The number of aromatic nitrogens is 1. The summed E-state index contributed by atoms with van der Waals surface area (Å²) in [7, 11) is 1.65. The zero-order valence-electron chi connectivity index (χ0n) is 12.2. The van der Waals surface area contributed by atoms with Gasteiger partial charge in [-0.25, -0.2) is 4.98 Å². The van der Waals surface area contributed by atoms with Gasteiger partial charge in [0.05, 0.1) is 0 Å². The van der Waals surface area contributed by atoms with Crippen LogP contribution >= 0.6 is 11.6 Å². The monoisotopic (exact) mass is 304 g/mol. The van der Waals surface area contributed by atoms with Gasteiger partial charge in [0.15, 0.2) is 0 Å². The molecule has 4 nitrogen and oxygen atoms in total. The third kappa shape index (κ3) is 3.52. The van der Waals surface area contributed by atoms with Crippen molar-refractivity contribution < 1.29 is 9.90 Å². The van der Waals surface area contributed by atoms with Crippen LogP contribution in [0.1, 0.15) is 35.8 Å². The summed E-state index contributed by atoms with van der Waals surface area (Å²) < 4.78 is 0. The predicted molar refractivity (Wildman–Crippen MR) is 84.2 cm³/mol. The molecule has 0 unspecified atom stereocenters. The van der Waals surface area contributed by atoms with Gasteiger partial charge >= 0.3 is 0 Å². The Bertz CT molecular complexity index is 671. The van der Waals surface area contributed by atoms with Crippen LogP contribution in [0.4, 0.5) is 5.69 Å². The molecule has 5 heteroatoms. The number of amides is 1. The Morgan fingerprint density at radius 1 is 1.29 bits per heavy atom. The van der Waals surface area contributed by atoms with Gasteiger partial charge < -0.3 is 10.0 Å². The summed E-state index contributed by atoms with van der Waals surface area (Å²) in [5, 5.41) is 9.81. The first-order valence-electron chi connectivity index (χ1n) is 6.63. The SMILES string of the molecule is CC(C)c1cc(C(=O)N(C)c2cccc(O)c2)cc(Cl)n1. The molecule has 0 aliphatic heterocycles. The Hall–Kier alpha value is -2.07. The van der Waals surface area contributed by atoms with Crippen molar-refractivity contribution in [2.24, 2.45) is 0 Å². The van der Waals surface area contributed by atoms with E-state index in [1.807, 2.05) is 13.8 Å². The minimum absolute atomic E-state index is 0.114. The van der Waals surface area contributed by atoms with E-state index >= 15 is 0 Å². The number of anilines is 1. The number of aromatic hydroxyl groups is 1. The minimum Gasteiger partial charge on any atom is -0.508 e. The van der Waals surface area contributed by atoms with Gasteiger partial charge in [0, 0.05) is 30.1 Å². The molecule has 0 saturated heterocycles. The van der Waals surface area contributed by atoms with Crippen LogP contribution in [-0.4, -0.2) is 23.0 Å². The van der Waals surface area contributed by atoms with Gasteiger partial charge in [0.25, 0.3) is 5.91 Å². The maximum atomic E-state index is 12.5. The van der Waals surface area contributed by atoms with Gasteiger partial charge in [-0.2, -0.15) is 0 Å². The molecule has 21 heavy (non-hydrogen) atoms. The molecule has 2 rings (SSSR count). The lowest BCUT2D eigenvalue weighted by atomic mass is 10.1. The molecule has 0 bridgehead atoms. The van der Waals surface area contributed by atoms with Crippen molar-refractivity contribution in [1.29, 1.82) is 0 Å². The number of pyridine rings is 1. The first-order chi connectivity index (χ1) is 9.88. The molecule has 2 aromatic rings. The number of carbonyl (C=O) groups excluding carboxylic acids is 1. The van der Waals surface area contributed by atoms with Crippen LogP contribution in [0.5, 0.6) is 5.75 Å². The predicted octanol–water partition coefficient (Wildman–Crippen LogP) is 3.84. The first-order valence-corrected chi connectivity index (χ1v) is 7.01. The second-order valence-electron chi connectivity index (χ2n) is 5.14. The fourth-order valence-corrected chi connectivity index (χ4v) is 2.16. The highest BCUT2D eigenvalue weighted by Crippen LogP contribution is 2.23. The number of halogens is 1. The first kappa shape index (κ1) is 15.3. The summed E-state index contributed by atoms with van der Waals surface area (Å²) in [6.07, 6.45) is 0. The largest absolute Gasteiger partial charge is 0.508 e. The van der Waals surface area contributed by atoms with E-state index in [9.17, 15) is 9.90 Å². The van der Waals surface area contributed by atoms with Crippen molar-refractivity contribution in [3.63, 3.8) is 0 Å². The van der Waals surface area contributed by atoms with E-state index in [2.05, 4.69) is 4.98 Å². The number of benzene rings is 1. The molecule has 0 spiro atoms. The lowest BCUT2D eigenvalue weighted by Gasteiger charge is -2.18. The van der Waals surface area contributed by atoms with Crippen LogP contribution < -0.4 is 4.90 Å². The molecule has 1 aromatic heterocycles.